The van der Waals surface area contributed by atoms with Crippen molar-refractivity contribution in [1.82, 2.24) is 0 Å². The van der Waals surface area contributed by atoms with E-state index in [4.69, 9.17) is 10.00 Å². The van der Waals surface area contributed by atoms with Crippen LogP contribution < -0.4 is 10.1 Å². The maximum absolute atomic E-state index is 8.86. The summed E-state index contributed by atoms with van der Waals surface area (Å²) in [6.45, 7) is 2.85. The van der Waals surface area contributed by atoms with Crippen LogP contribution in [0.1, 0.15) is 35.6 Å². The molecule has 3 heteroatoms. The van der Waals surface area contributed by atoms with Crippen LogP contribution in [-0.2, 0) is 0 Å². The van der Waals surface area contributed by atoms with Crippen molar-refractivity contribution in [3.8, 4) is 11.8 Å². The summed E-state index contributed by atoms with van der Waals surface area (Å²) in [4.78, 5) is 0. The fourth-order valence-electron chi connectivity index (χ4n) is 2.76. The minimum absolute atomic E-state index is 0.246. The van der Waals surface area contributed by atoms with Gasteiger partial charge in [0.1, 0.15) is 5.75 Å². The second kappa shape index (κ2) is 5.88. The predicted molar refractivity (Wildman–Crippen MR) is 83.4 cm³/mol. The van der Waals surface area contributed by atoms with Gasteiger partial charge >= 0.3 is 0 Å². The Morgan fingerprint density at radius 3 is 2.76 bits per heavy atom. The summed E-state index contributed by atoms with van der Waals surface area (Å²) in [6, 6.07) is 16.3. The molecule has 0 radical (unpaired) electrons. The Kier molecular flexibility index (Phi) is 3.79. The molecule has 0 spiro atoms. The fourth-order valence-corrected chi connectivity index (χ4v) is 2.76. The average Bonchev–Trinajstić information content (AvgIpc) is 2.72. The molecule has 2 aromatic carbocycles. The maximum atomic E-state index is 8.86. The third-order valence-electron chi connectivity index (χ3n) is 3.86. The lowest BCUT2D eigenvalue weighted by atomic mass is 9.99. The molecule has 1 atom stereocenters. The van der Waals surface area contributed by atoms with Gasteiger partial charge in [-0.15, -0.1) is 0 Å². The molecule has 0 fully saturated rings. The van der Waals surface area contributed by atoms with Crippen LogP contribution in [0.2, 0.25) is 0 Å². The predicted octanol–water partition coefficient (Wildman–Crippen LogP) is 4.19. The van der Waals surface area contributed by atoms with Crippen molar-refractivity contribution in [3.05, 3.63) is 59.2 Å². The molecular weight excluding hydrogens is 260 g/mol. The lowest BCUT2D eigenvalue weighted by Gasteiger charge is -2.20. The third-order valence-corrected chi connectivity index (χ3v) is 3.86. The van der Waals surface area contributed by atoms with E-state index in [-0.39, 0.29) is 6.04 Å². The maximum Gasteiger partial charge on any atom is 0.127 e. The molecule has 2 aromatic rings. The van der Waals surface area contributed by atoms with Gasteiger partial charge in [0.25, 0.3) is 0 Å². The summed E-state index contributed by atoms with van der Waals surface area (Å²) in [7, 11) is 0. The summed E-state index contributed by atoms with van der Waals surface area (Å²) >= 11 is 0. The second-order valence-corrected chi connectivity index (χ2v) is 5.37. The number of rotatable bonds is 2. The number of para-hydroxylation sites is 1. The average molecular weight is 278 g/mol. The molecule has 1 aliphatic heterocycles. The summed E-state index contributed by atoms with van der Waals surface area (Å²) in [5.41, 5.74) is 4.12. The number of aryl methyl sites for hydroxylation is 1. The van der Waals surface area contributed by atoms with Crippen LogP contribution in [0.25, 0.3) is 0 Å². The van der Waals surface area contributed by atoms with E-state index < -0.39 is 0 Å². The quantitative estimate of drug-likeness (QED) is 0.895. The number of benzene rings is 2. The van der Waals surface area contributed by atoms with Crippen LogP contribution in [0, 0.1) is 18.3 Å². The molecule has 106 valence electrons. The zero-order valence-corrected chi connectivity index (χ0v) is 12.1. The molecule has 1 aliphatic rings. The minimum Gasteiger partial charge on any atom is -0.493 e. The number of ether oxygens (including phenoxy) is 1. The van der Waals surface area contributed by atoms with E-state index in [1.165, 1.54) is 11.1 Å². The van der Waals surface area contributed by atoms with Crippen molar-refractivity contribution >= 4 is 5.69 Å². The van der Waals surface area contributed by atoms with Crippen molar-refractivity contribution in [3.63, 3.8) is 0 Å². The zero-order chi connectivity index (χ0) is 14.7. The Labute approximate surface area is 125 Å². The Hall–Kier alpha value is -2.47. The summed E-state index contributed by atoms with van der Waals surface area (Å²) < 4.78 is 5.90. The van der Waals surface area contributed by atoms with Gasteiger partial charge in [-0.05, 0) is 49.6 Å². The van der Waals surface area contributed by atoms with E-state index in [1.54, 1.807) is 0 Å². The van der Waals surface area contributed by atoms with Crippen LogP contribution in [0.15, 0.2) is 42.5 Å². The molecule has 0 saturated carbocycles. The van der Waals surface area contributed by atoms with Crippen molar-refractivity contribution < 1.29 is 4.74 Å². The van der Waals surface area contributed by atoms with Crippen LogP contribution >= 0.6 is 0 Å². The molecular formula is C18H18N2O. The Balaban J connectivity index is 1.88. The van der Waals surface area contributed by atoms with Crippen molar-refractivity contribution in [2.75, 3.05) is 11.9 Å². The van der Waals surface area contributed by atoms with Crippen LogP contribution in [0.4, 0.5) is 5.69 Å². The molecule has 3 rings (SSSR count). The largest absolute Gasteiger partial charge is 0.493 e. The van der Waals surface area contributed by atoms with Crippen molar-refractivity contribution in [2.24, 2.45) is 0 Å². The highest BCUT2D eigenvalue weighted by Gasteiger charge is 2.20. The van der Waals surface area contributed by atoms with Gasteiger partial charge in [0, 0.05) is 11.3 Å². The molecule has 21 heavy (non-hydrogen) atoms. The molecule has 1 N–H and O–H groups in total. The van der Waals surface area contributed by atoms with Crippen molar-refractivity contribution in [2.45, 2.75) is 25.8 Å². The van der Waals surface area contributed by atoms with Crippen molar-refractivity contribution in [1.29, 1.82) is 5.26 Å². The highest BCUT2D eigenvalue weighted by atomic mass is 16.5. The lowest BCUT2D eigenvalue weighted by molar-refractivity contribution is 0.314. The number of nitriles is 1. The number of hydrogen-bond donors (Lipinski definition) is 1. The first kappa shape index (κ1) is 13.5. The van der Waals surface area contributed by atoms with Gasteiger partial charge < -0.3 is 10.1 Å². The van der Waals surface area contributed by atoms with Gasteiger partial charge in [-0.1, -0.05) is 18.2 Å². The zero-order valence-electron chi connectivity index (χ0n) is 12.1. The number of nitrogens with one attached hydrogen (secondary N) is 1. The number of fused-ring (bicyclic) bond motifs is 1. The normalized spacial score (nSPS) is 17.0. The van der Waals surface area contributed by atoms with E-state index >= 15 is 0 Å². The van der Waals surface area contributed by atoms with E-state index in [2.05, 4.69) is 36.5 Å². The Morgan fingerprint density at radius 2 is 2.00 bits per heavy atom. The first-order valence-electron chi connectivity index (χ1n) is 7.27. The SMILES string of the molecule is Cc1cccc2c1OCCCC2Nc1ccc(C#N)cc1. The number of hydrogen-bond acceptors (Lipinski definition) is 3. The van der Waals surface area contributed by atoms with E-state index in [0.717, 1.165) is 30.9 Å². The highest BCUT2D eigenvalue weighted by Crippen LogP contribution is 2.35. The van der Waals surface area contributed by atoms with Gasteiger partial charge in [-0.3, -0.25) is 0 Å². The lowest BCUT2D eigenvalue weighted by Crippen LogP contribution is -2.10. The van der Waals surface area contributed by atoms with Gasteiger partial charge in [0.05, 0.1) is 24.3 Å². The summed E-state index contributed by atoms with van der Waals surface area (Å²) in [5.74, 6) is 1.01. The Bertz CT molecular complexity index is 671. The van der Waals surface area contributed by atoms with Crippen LogP contribution in [-0.4, -0.2) is 6.61 Å². The monoisotopic (exact) mass is 278 g/mol. The highest BCUT2D eigenvalue weighted by molar-refractivity contribution is 5.52. The number of anilines is 1. The molecule has 0 bridgehead atoms. The molecule has 1 heterocycles. The van der Waals surface area contributed by atoms with Crippen LogP contribution in [0.5, 0.6) is 5.75 Å². The molecule has 3 nitrogen and oxygen atoms in total. The first-order chi connectivity index (χ1) is 10.3. The smallest absolute Gasteiger partial charge is 0.127 e. The summed E-state index contributed by atoms with van der Waals surface area (Å²) in [5, 5.41) is 12.4. The topological polar surface area (TPSA) is 45.0 Å². The molecule has 0 amide bonds. The molecule has 0 saturated heterocycles. The fraction of sp³-hybridized carbons (Fsp3) is 0.278. The van der Waals surface area contributed by atoms with E-state index in [1.807, 2.05) is 24.3 Å². The second-order valence-electron chi connectivity index (χ2n) is 5.37. The standard InChI is InChI=1S/C18H18N2O/c1-13-4-2-5-16-17(6-3-11-21-18(13)16)20-15-9-7-14(12-19)8-10-15/h2,4-5,7-10,17,20H,3,6,11H2,1H3. The van der Waals surface area contributed by atoms with Gasteiger partial charge in [-0.25, -0.2) is 0 Å². The molecule has 1 unspecified atom stereocenters. The van der Waals surface area contributed by atoms with Gasteiger partial charge in [-0.2, -0.15) is 5.26 Å². The Morgan fingerprint density at radius 1 is 1.19 bits per heavy atom. The van der Waals surface area contributed by atoms with E-state index in [0.29, 0.717) is 5.56 Å². The van der Waals surface area contributed by atoms with E-state index in [9.17, 15) is 0 Å². The number of nitrogens with zero attached hydrogens (tertiary/aromatic N) is 1. The summed E-state index contributed by atoms with van der Waals surface area (Å²) in [6.07, 6.45) is 2.07. The van der Waals surface area contributed by atoms with Crippen LogP contribution in [0.3, 0.4) is 0 Å². The van der Waals surface area contributed by atoms with Gasteiger partial charge in [0.15, 0.2) is 0 Å². The minimum atomic E-state index is 0.246. The van der Waals surface area contributed by atoms with Gasteiger partial charge in [0.2, 0.25) is 0 Å². The molecule has 0 aliphatic carbocycles. The molecule has 0 aromatic heterocycles. The third kappa shape index (κ3) is 2.85. The first-order valence-corrected chi connectivity index (χ1v) is 7.27.